The zero-order chi connectivity index (χ0) is 8.97. The Kier molecular flexibility index (Phi) is 2.33. The van der Waals surface area contributed by atoms with Crippen molar-refractivity contribution in [2.24, 2.45) is 0 Å². The van der Waals surface area contributed by atoms with Crippen molar-refractivity contribution in [3.63, 3.8) is 0 Å². The molecule has 5 nitrogen and oxygen atoms in total. The molecule has 0 atom stereocenters. The van der Waals surface area contributed by atoms with Crippen LogP contribution in [-0.2, 0) is 6.54 Å². The molecule has 0 saturated heterocycles. The van der Waals surface area contributed by atoms with Crippen LogP contribution in [0, 0.1) is 11.5 Å². The fourth-order valence-corrected chi connectivity index (χ4v) is 0.715. The van der Waals surface area contributed by atoms with Gasteiger partial charge in [0.2, 0.25) is 5.76 Å². The Labute approximate surface area is 68.2 Å². The zero-order valence-electron chi connectivity index (χ0n) is 6.07. The topological polar surface area (TPSA) is 86.3 Å². The van der Waals surface area contributed by atoms with Crippen LogP contribution in [0.3, 0.4) is 0 Å². The summed E-state index contributed by atoms with van der Waals surface area (Å²) in [7, 11) is 0. The van der Waals surface area contributed by atoms with Crippen molar-refractivity contribution in [1.29, 1.82) is 5.26 Å². The van der Waals surface area contributed by atoms with Crippen molar-refractivity contribution in [3.8, 4) is 6.19 Å². The number of nitrogens with zero attached hydrogens (tertiary/aromatic N) is 1. The summed E-state index contributed by atoms with van der Waals surface area (Å²) < 4.78 is 4.83. The zero-order valence-corrected chi connectivity index (χ0v) is 6.07. The number of aromatic carboxylic acids is 1. The lowest BCUT2D eigenvalue weighted by Crippen LogP contribution is -2.03. The highest BCUT2D eigenvalue weighted by atomic mass is 16.4. The predicted molar refractivity (Wildman–Crippen MR) is 38.1 cm³/mol. The highest BCUT2D eigenvalue weighted by molar-refractivity contribution is 5.84. The van der Waals surface area contributed by atoms with Gasteiger partial charge in [-0.05, 0) is 12.1 Å². The van der Waals surface area contributed by atoms with Gasteiger partial charge in [-0.3, -0.25) is 0 Å². The summed E-state index contributed by atoms with van der Waals surface area (Å²) >= 11 is 0. The first kappa shape index (κ1) is 8.14. The molecule has 1 aromatic heterocycles. The van der Waals surface area contributed by atoms with E-state index in [9.17, 15) is 4.79 Å². The molecule has 1 heterocycles. The second-order valence-electron chi connectivity index (χ2n) is 2.04. The number of nitrogens with one attached hydrogen (secondary N) is 1. The molecule has 0 amide bonds. The molecule has 0 aliphatic rings. The highest BCUT2D eigenvalue weighted by Crippen LogP contribution is 2.06. The van der Waals surface area contributed by atoms with Gasteiger partial charge >= 0.3 is 5.97 Å². The molecule has 5 heteroatoms. The van der Waals surface area contributed by atoms with E-state index in [0.29, 0.717) is 5.76 Å². The predicted octanol–water partition coefficient (Wildman–Crippen LogP) is 0.548. The average molecular weight is 166 g/mol. The maximum Gasteiger partial charge on any atom is 0.371 e. The van der Waals surface area contributed by atoms with E-state index in [-0.39, 0.29) is 12.3 Å². The van der Waals surface area contributed by atoms with Crippen LogP contribution in [-0.4, -0.2) is 11.1 Å². The van der Waals surface area contributed by atoms with E-state index in [1.807, 2.05) is 0 Å². The van der Waals surface area contributed by atoms with Crippen molar-refractivity contribution in [1.82, 2.24) is 5.32 Å². The molecule has 1 rings (SSSR count). The SMILES string of the molecule is N#CNCc1ccc(C(=O)O)o1. The van der Waals surface area contributed by atoms with Gasteiger partial charge in [0.25, 0.3) is 0 Å². The number of carboxylic acids is 1. The molecule has 0 aliphatic carbocycles. The normalized spacial score (nSPS) is 8.92. The van der Waals surface area contributed by atoms with Gasteiger partial charge in [-0.25, -0.2) is 4.79 Å². The molecule has 0 unspecified atom stereocenters. The van der Waals surface area contributed by atoms with Gasteiger partial charge in [0, 0.05) is 0 Å². The first-order chi connectivity index (χ1) is 5.74. The van der Waals surface area contributed by atoms with Crippen LogP contribution in [0.2, 0.25) is 0 Å². The maximum atomic E-state index is 10.3. The summed E-state index contributed by atoms with van der Waals surface area (Å²) in [6, 6.07) is 2.85. The van der Waals surface area contributed by atoms with E-state index < -0.39 is 5.97 Å². The van der Waals surface area contributed by atoms with E-state index in [4.69, 9.17) is 14.8 Å². The molecular weight excluding hydrogens is 160 g/mol. The standard InChI is InChI=1S/C7H6N2O3/c8-4-9-3-5-1-2-6(12-5)7(10)11/h1-2,9H,3H2,(H,10,11). The molecular formula is C7H6N2O3. The Bertz CT molecular complexity index is 324. The van der Waals surface area contributed by atoms with Gasteiger partial charge < -0.3 is 14.8 Å². The second kappa shape index (κ2) is 3.44. The van der Waals surface area contributed by atoms with Crippen LogP contribution in [0.15, 0.2) is 16.5 Å². The minimum absolute atomic E-state index is 0.121. The lowest BCUT2D eigenvalue weighted by molar-refractivity contribution is 0.0660. The summed E-state index contributed by atoms with van der Waals surface area (Å²) in [5.41, 5.74) is 0. The lowest BCUT2D eigenvalue weighted by atomic mass is 10.4. The third-order valence-corrected chi connectivity index (χ3v) is 1.21. The molecule has 0 saturated carbocycles. The third kappa shape index (κ3) is 1.76. The monoisotopic (exact) mass is 166 g/mol. The summed E-state index contributed by atoms with van der Waals surface area (Å²) in [6.45, 7) is 0.212. The Balaban J connectivity index is 2.66. The minimum atomic E-state index is -1.11. The van der Waals surface area contributed by atoms with Gasteiger partial charge in [-0.1, -0.05) is 0 Å². The van der Waals surface area contributed by atoms with Crippen LogP contribution in [0.25, 0.3) is 0 Å². The first-order valence-corrected chi connectivity index (χ1v) is 3.18. The van der Waals surface area contributed by atoms with Crippen LogP contribution in [0.4, 0.5) is 0 Å². The highest BCUT2D eigenvalue weighted by Gasteiger charge is 2.07. The molecule has 0 radical (unpaired) electrons. The summed E-state index contributed by atoms with van der Waals surface area (Å²) in [5, 5.41) is 18.9. The van der Waals surface area contributed by atoms with E-state index >= 15 is 0 Å². The number of carboxylic acid groups (broad SMARTS) is 1. The molecule has 2 N–H and O–H groups in total. The van der Waals surface area contributed by atoms with E-state index in [0.717, 1.165) is 0 Å². The van der Waals surface area contributed by atoms with Gasteiger partial charge in [0.15, 0.2) is 6.19 Å². The Morgan fingerprint density at radius 3 is 3.00 bits per heavy atom. The van der Waals surface area contributed by atoms with E-state index in [2.05, 4.69) is 5.32 Å². The molecule has 0 aliphatic heterocycles. The molecule has 0 aromatic carbocycles. The number of carbonyl (C=O) groups is 1. The number of rotatable bonds is 3. The largest absolute Gasteiger partial charge is 0.475 e. The summed E-state index contributed by atoms with van der Waals surface area (Å²) in [4.78, 5) is 10.3. The van der Waals surface area contributed by atoms with Crippen molar-refractivity contribution >= 4 is 5.97 Å². The van der Waals surface area contributed by atoms with Crippen LogP contribution in [0.1, 0.15) is 16.3 Å². The quantitative estimate of drug-likeness (QED) is 0.505. The Morgan fingerprint density at radius 2 is 2.50 bits per heavy atom. The van der Waals surface area contributed by atoms with Gasteiger partial charge in [0.05, 0.1) is 6.54 Å². The van der Waals surface area contributed by atoms with Crippen molar-refractivity contribution < 1.29 is 14.3 Å². The first-order valence-electron chi connectivity index (χ1n) is 3.18. The number of nitriles is 1. The van der Waals surface area contributed by atoms with Gasteiger partial charge in [0.1, 0.15) is 5.76 Å². The van der Waals surface area contributed by atoms with Gasteiger partial charge in [-0.15, -0.1) is 0 Å². The number of hydrogen-bond donors (Lipinski definition) is 2. The van der Waals surface area contributed by atoms with Crippen LogP contribution in [0.5, 0.6) is 0 Å². The molecule has 0 fully saturated rings. The smallest absolute Gasteiger partial charge is 0.371 e. The maximum absolute atomic E-state index is 10.3. The fraction of sp³-hybridized carbons (Fsp3) is 0.143. The Hall–Kier alpha value is -1.96. The van der Waals surface area contributed by atoms with Crippen LogP contribution < -0.4 is 5.32 Å². The summed E-state index contributed by atoms with van der Waals surface area (Å²) in [6.07, 6.45) is 1.70. The molecule has 0 spiro atoms. The van der Waals surface area contributed by atoms with Gasteiger partial charge in [-0.2, -0.15) is 5.26 Å². The molecule has 62 valence electrons. The van der Waals surface area contributed by atoms with Crippen LogP contribution >= 0.6 is 0 Å². The molecule has 0 bridgehead atoms. The van der Waals surface area contributed by atoms with Crippen molar-refractivity contribution in [2.45, 2.75) is 6.54 Å². The average Bonchev–Trinajstić information content (AvgIpc) is 2.48. The third-order valence-electron chi connectivity index (χ3n) is 1.21. The fourth-order valence-electron chi connectivity index (χ4n) is 0.715. The number of furan rings is 1. The summed E-state index contributed by atoms with van der Waals surface area (Å²) in [5.74, 6) is -0.808. The second-order valence-corrected chi connectivity index (χ2v) is 2.04. The molecule has 12 heavy (non-hydrogen) atoms. The van der Waals surface area contributed by atoms with Crippen molar-refractivity contribution in [3.05, 3.63) is 23.7 Å². The minimum Gasteiger partial charge on any atom is -0.475 e. The lowest BCUT2D eigenvalue weighted by Gasteiger charge is -1.90. The Morgan fingerprint density at radius 1 is 1.75 bits per heavy atom. The van der Waals surface area contributed by atoms with E-state index in [1.165, 1.54) is 12.1 Å². The number of hydrogen-bond acceptors (Lipinski definition) is 4. The molecule has 1 aromatic rings. The van der Waals surface area contributed by atoms with Crippen molar-refractivity contribution in [2.75, 3.05) is 0 Å². The van der Waals surface area contributed by atoms with E-state index in [1.54, 1.807) is 6.19 Å².